The molecule has 21 heavy (non-hydrogen) atoms. The van der Waals surface area contributed by atoms with Crippen molar-refractivity contribution in [2.75, 3.05) is 6.61 Å². The Morgan fingerprint density at radius 1 is 1.24 bits per heavy atom. The van der Waals surface area contributed by atoms with Gasteiger partial charge in [0.05, 0.1) is 30.2 Å². The lowest BCUT2D eigenvalue weighted by atomic mass is 9.98. The second kappa shape index (κ2) is 6.54. The van der Waals surface area contributed by atoms with Gasteiger partial charge in [-0.1, -0.05) is 31.4 Å². The van der Waals surface area contributed by atoms with Gasteiger partial charge in [-0.25, -0.2) is 0 Å². The summed E-state index contributed by atoms with van der Waals surface area (Å²) in [5.41, 5.74) is 0.749. The molecule has 1 saturated carbocycles. The Kier molecular flexibility index (Phi) is 4.51. The Balaban J connectivity index is 1.74. The quantitative estimate of drug-likeness (QED) is 0.881. The summed E-state index contributed by atoms with van der Waals surface area (Å²) in [4.78, 5) is 15.6. The molecule has 0 amide bonds. The fourth-order valence-corrected chi connectivity index (χ4v) is 3.23. The van der Waals surface area contributed by atoms with Crippen LogP contribution in [0.15, 0.2) is 29.1 Å². The summed E-state index contributed by atoms with van der Waals surface area (Å²) in [6.45, 7) is 1.05. The largest absolute Gasteiger partial charge is 0.376 e. The Bertz CT molecular complexity index is 729. The van der Waals surface area contributed by atoms with E-state index < -0.39 is 0 Å². The number of para-hydroxylation sites is 1. The topological polar surface area (TPSA) is 47.0 Å². The molecule has 1 aromatic carbocycles. The monoisotopic (exact) mass is 304 g/mol. The highest BCUT2D eigenvalue weighted by Gasteiger charge is 2.13. The minimum Gasteiger partial charge on any atom is -0.376 e. The van der Waals surface area contributed by atoms with Crippen LogP contribution in [0.3, 0.4) is 0 Å². The molecule has 5 heteroatoms. The van der Waals surface area contributed by atoms with Gasteiger partial charge in [0.25, 0.3) is 5.56 Å². The molecule has 3 rings (SSSR count). The van der Waals surface area contributed by atoms with Crippen LogP contribution < -0.4 is 5.56 Å². The van der Waals surface area contributed by atoms with Crippen molar-refractivity contribution in [2.24, 2.45) is 0 Å². The van der Waals surface area contributed by atoms with E-state index in [4.69, 9.17) is 17.0 Å². The number of H-pyrrole nitrogens is 1. The number of hydrogen-bond donors (Lipinski definition) is 1. The third kappa shape index (κ3) is 3.24. The SMILES string of the molecule is O=c1c2ccccc2[nH]c(=S)n1CCOC1CCCCC1. The molecule has 0 radical (unpaired) electrons. The summed E-state index contributed by atoms with van der Waals surface area (Å²) >= 11 is 5.29. The van der Waals surface area contributed by atoms with Crippen molar-refractivity contribution in [3.8, 4) is 0 Å². The number of nitrogens with one attached hydrogen (secondary N) is 1. The van der Waals surface area contributed by atoms with Crippen molar-refractivity contribution >= 4 is 23.1 Å². The van der Waals surface area contributed by atoms with Crippen LogP contribution in [-0.2, 0) is 11.3 Å². The third-order valence-electron chi connectivity index (χ3n) is 4.11. The standard InChI is InChI=1S/C16H20N2O2S/c19-15-13-8-4-5-9-14(13)17-16(21)18(15)10-11-20-12-6-2-1-3-7-12/h4-5,8-9,12H,1-3,6-7,10-11H2,(H,17,21). The molecule has 1 aliphatic carbocycles. The third-order valence-corrected chi connectivity index (χ3v) is 4.43. The lowest BCUT2D eigenvalue weighted by molar-refractivity contribution is 0.0235. The molecule has 1 fully saturated rings. The van der Waals surface area contributed by atoms with Crippen LogP contribution >= 0.6 is 12.2 Å². The Hall–Kier alpha value is -1.46. The predicted molar refractivity (Wildman–Crippen MR) is 86.2 cm³/mol. The van der Waals surface area contributed by atoms with E-state index in [1.165, 1.54) is 19.3 Å². The Morgan fingerprint density at radius 2 is 2.00 bits per heavy atom. The number of nitrogens with zero attached hydrogens (tertiary/aromatic N) is 1. The minimum absolute atomic E-state index is 0.0402. The lowest BCUT2D eigenvalue weighted by Crippen LogP contribution is -2.26. The zero-order valence-corrected chi connectivity index (χ0v) is 12.8. The maximum atomic E-state index is 12.5. The normalized spacial score (nSPS) is 16.4. The van der Waals surface area contributed by atoms with Crippen LogP contribution in [0.2, 0.25) is 0 Å². The maximum absolute atomic E-state index is 12.5. The van der Waals surface area contributed by atoms with Crippen LogP contribution in [-0.4, -0.2) is 22.3 Å². The summed E-state index contributed by atoms with van der Waals surface area (Å²) in [6.07, 6.45) is 6.45. The molecular formula is C16H20N2O2S. The molecule has 0 aliphatic heterocycles. The molecular weight excluding hydrogens is 284 g/mol. The van der Waals surface area contributed by atoms with Gasteiger partial charge in [-0.2, -0.15) is 0 Å². The number of ether oxygens (including phenoxy) is 1. The first-order chi connectivity index (χ1) is 10.3. The van der Waals surface area contributed by atoms with Crippen LogP contribution in [0.4, 0.5) is 0 Å². The van der Waals surface area contributed by atoms with Gasteiger partial charge in [-0.15, -0.1) is 0 Å². The van der Waals surface area contributed by atoms with Gasteiger partial charge in [-0.3, -0.25) is 9.36 Å². The second-order valence-electron chi connectivity index (χ2n) is 5.56. The molecule has 1 N–H and O–H groups in total. The van der Waals surface area contributed by atoms with Gasteiger partial charge >= 0.3 is 0 Å². The first-order valence-corrected chi connectivity index (χ1v) is 8.00. The fraction of sp³-hybridized carbons (Fsp3) is 0.500. The molecule has 0 spiro atoms. The van der Waals surface area contributed by atoms with E-state index in [9.17, 15) is 4.79 Å². The van der Waals surface area contributed by atoms with Gasteiger partial charge < -0.3 is 9.72 Å². The van der Waals surface area contributed by atoms with E-state index in [2.05, 4.69) is 4.98 Å². The van der Waals surface area contributed by atoms with Crippen molar-refractivity contribution in [1.82, 2.24) is 9.55 Å². The van der Waals surface area contributed by atoms with E-state index >= 15 is 0 Å². The average Bonchev–Trinajstić information content (AvgIpc) is 2.51. The highest BCUT2D eigenvalue weighted by atomic mass is 32.1. The van der Waals surface area contributed by atoms with Crippen LogP contribution in [0.1, 0.15) is 32.1 Å². The van der Waals surface area contributed by atoms with Gasteiger partial charge in [0, 0.05) is 0 Å². The maximum Gasteiger partial charge on any atom is 0.262 e. The molecule has 0 unspecified atom stereocenters. The molecule has 2 aromatic rings. The molecule has 1 heterocycles. The average molecular weight is 304 g/mol. The molecule has 0 atom stereocenters. The Labute approximate surface area is 128 Å². The zero-order valence-electron chi connectivity index (χ0n) is 12.0. The molecule has 1 aromatic heterocycles. The first-order valence-electron chi connectivity index (χ1n) is 7.59. The second-order valence-corrected chi connectivity index (χ2v) is 5.95. The fourth-order valence-electron chi connectivity index (χ4n) is 2.94. The van der Waals surface area contributed by atoms with Crippen molar-refractivity contribution in [3.05, 3.63) is 39.4 Å². The Morgan fingerprint density at radius 3 is 2.81 bits per heavy atom. The predicted octanol–water partition coefficient (Wildman–Crippen LogP) is 3.41. The van der Waals surface area contributed by atoms with Gasteiger partial charge in [0.1, 0.15) is 0 Å². The molecule has 0 bridgehead atoms. The van der Waals surface area contributed by atoms with Crippen LogP contribution in [0.25, 0.3) is 10.9 Å². The highest BCUT2D eigenvalue weighted by molar-refractivity contribution is 7.71. The van der Waals surface area contributed by atoms with Crippen LogP contribution in [0, 0.1) is 4.77 Å². The van der Waals surface area contributed by atoms with Gasteiger partial charge in [0.15, 0.2) is 4.77 Å². The molecule has 112 valence electrons. The summed E-state index contributed by atoms with van der Waals surface area (Å²) in [6, 6.07) is 7.45. The molecule has 1 aliphatic rings. The van der Waals surface area contributed by atoms with Crippen molar-refractivity contribution in [1.29, 1.82) is 0 Å². The molecule has 0 saturated heterocycles. The zero-order chi connectivity index (χ0) is 14.7. The minimum atomic E-state index is -0.0402. The first kappa shape index (κ1) is 14.5. The van der Waals surface area contributed by atoms with E-state index in [-0.39, 0.29) is 5.56 Å². The summed E-state index contributed by atoms with van der Waals surface area (Å²) in [7, 11) is 0. The van der Waals surface area contributed by atoms with E-state index in [1.807, 2.05) is 24.3 Å². The smallest absolute Gasteiger partial charge is 0.262 e. The lowest BCUT2D eigenvalue weighted by Gasteiger charge is -2.22. The van der Waals surface area contributed by atoms with Crippen LogP contribution in [0.5, 0.6) is 0 Å². The van der Waals surface area contributed by atoms with E-state index in [0.29, 0.717) is 29.4 Å². The van der Waals surface area contributed by atoms with Crippen molar-refractivity contribution < 1.29 is 4.74 Å². The van der Waals surface area contributed by atoms with Crippen molar-refractivity contribution in [3.63, 3.8) is 0 Å². The summed E-state index contributed by atoms with van der Waals surface area (Å²) in [5, 5.41) is 0.670. The molecule has 4 nitrogen and oxygen atoms in total. The number of aromatic nitrogens is 2. The number of aromatic amines is 1. The van der Waals surface area contributed by atoms with Gasteiger partial charge in [0.2, 0.25) is 0 Å². The number of hydrogen-bond acceptors (Lipinski definition) is 3. The van der Waals surface area contributed by atoms with E-state index in [0.717, 1.165) is 18.4 Å². The number of fused-ring (bicyclic) bond motifs is 1. The van der Waals surface area contributed by atoms with Gasteiger partial charge in [-0.05, 0) is 37.2 Å². The number of benzene rings is 1. The van der Waals surface area contributed by atoms with E-state index in [1.54, 1.807) is 4.57 Å². The summed E-state index contributed by atoms with van der Waals surface area (Å²) in [5.74, 6) is 0. The number of rotatable bonds is 4. The van der Waals surface area contributed by atoms with Crippen molar-refractivity contribution in [2.45, 2.75) is 44.8 Å². The highest BCUT2D eigenvalue weighted by Crippen LogP contribution is 2.20. The summed E-state index contributed by atoms with van der Waals surface area (Å²) < 4.78 is 7.95.